The number of hydrogen-bond donors (Lipinski definition) is 1. The number of anilines is 1. The van der Waals surface area contributed by atoms with Gasteiger partial charge in [-0.05, 0) is 41.7 Å². The van der Waals surface area contributed by atoms with Crippen molar-refractivity contribution < 1.29 is 14.2 Å². The Kier molecular flexibility index (Phi) is 7.79. The molecule has 4 heteroatoms. The highest BCUT2D eigenvalue weighted by molar-refractivity contribution is 5.48. The van der Waals surface area contributed by atoms with Crippen molar-refractivity contribution in [1.29, 1.82) is 0 Å². The Labute approximate surface area is 157 Å². The lowest BCUT2D eigenvalue weighted by Gasteiger charge is -2.23. The lowest BCUT2D eigenvalue weighted by atomic mass is 9.82. The van der Waals surface area contributed by atoms with E-state index in [0.29, 0.717) is 19.8 Å². The van der Waals surface area contributed by atoms with Crippen LogP contribution in [-0.4, -0.2) is 33.5 Å². The molecule has 0 radical (unpaired) electrons. The molecule has 0 spiro atoms. The van der Waals surface area contributed by atoms with Gasteiger partial charge in [-0.3, -0.25) is 0 Å². The maximum Gasteiger partial charge on any atom is 0.121 e. The molecule has 0 aliphatic heterocycles. The molecule has 0 bridgehead atoms. The average molecular weight is 357 g/mol. The summed E-state index contributed by atoms with van der Waals surface area (Å²) in [6.45, 7) is 9.20. The molecule has 0 fully saturated rings. The Balaban J connectivity index is 1.76. The maximum atomic E-state index is 5.83. The Morgan fingerprint density at radius 2 is 1.62 bits per heavy atom. The van der Waals surface area contributed by atoms with Crippen molar-refractivity contribution in [1.82, 2.24) is 0 Å². The van der Waals surface area contributed by atoms with E-state index in [2.05, 4.69) is 50.4 Å². The van der Waals surface area contributed by atoms with Gasteiger partial charge in [0, 0.05) is 25.4 Å². The normalized spacial score (nSPS) is 11.2. The first kappa shape index (κ1) is 20.1. The number of rotatable bonds is 11. The highest BCUT2D eigenvalue weighted by atomic mass is 16.5. The molecule has 0 heterocycles. The quantitative estimate of drug-likeness (QED) is 0.581. The van der Waals surface area contributed by atoms with Crippen LogP contribution >= 0.6 is 0 Å². The van der Waals surface area contributed by atoms with E-state index in [1.807, 2.05) is 24.3 Å². The zero-order valence-electron chi connectivity index (χ0n) is 16.4. The third-order valence-corrected chi connectivity index (χ3v) is 4.61. The van der Waals surface area contributed by atoms with E-state index >= 15 is 0 Å². The fraction of sp³-hybridized carbons (Fsp3) is 0.455. The number of methoxy groups -OCH3 is 1. The first-order valence-corrected chi connectivity index (χ1v) is 9.24. The molecule has 0 unspecified atom stereocenters. The third-order valence-electron chi connectivity index (χ3n) is 4.61. The summed E-state index contributed by atoms with van der Waals surface area (Å²) in [5.41, 5.74) is 2.57. The molecule has 0 amide bonds. The molecular formula is C22H31NO3. The highest BCUT2D eigenvalue weighted by Crippen LogP contribution is 2.28. The maximum absolute atomic E-state index is 5.83. The summed E-state index contributed by atoms with van der Waals surface area (Å²) in [6.07, 6.45) is 1.12. The van der Waals surface area contributed by atoms with Gasteiger partial charge in [-0.2, -0.15) is 0 Å². The third kappa shape index (κ3) is 6.26. The van der Waals surface area contributed by atoms with Crippen LogP contribution in [-0.2, 0) is 10.2 Å². The predicted octanol–water partition coefficient (Wildman–Crippen LogP) is 4.89. The lowest BCUT2D eigenvalue weighted by Crippen LogP contribution is -2.15. The van der Waals surface area contributed by atoms with Gasteiger partial charge in [-0.15, -0.1) is 0 Å². The largest absolute Gasteiger partial charge is 0.492 e. The second-order valence-electron chi connectivity index (χ2n) is 6.91. The number of hydrogen-bond acceptors (Lipinski definition) is 4. The summed E-state index contributed by atoms with van der Waals surface area (Å²) < 4.78 is 16.4. The number of ether oxygens (including phenoxy) is 3. The van der Waals surface area contributed by atoms with Crippen molar-refractivity contribution in [2.45, 2.75) is 32.6 Å². The fourth-order valence-electron chi connectivity index (χ4n) is 2.51. The average Bonchev–Trinajstić information content (AvgIpc) is 2.66. The molecule has 0 saturated heterocycles. The van der Waals surface area contributed by atoms with E-state index in [1.54, 1.807) is 7.11 Å². The molecule has 4 nitrogen and oxygen atoms in total. The monoisotopic (exact) mass is 357 g/mol. The molecule has 0 aromatic heterocycles. The Hall–Kier alpha value is -2.20. The lowest BCUT2D eigenvalue weighted by molar-refractivity contribution is 0.146. The van der Waals surface area contributed by atoms with Gasteiger partial charge >= 0.3 is 0 Å². The smallest absolute Gasteiger partial charge is 0.121 e. The first-order chi connectivity index (χ1) is 12.5. The van der Waals surface area contributed by atoms with Gasteiger partial charge in [0.1, 0.15) is 24.7 Å². The predicted molar refractivity (Wildman–Crippen MR) is 108 cm³/mol. The van der Waals surface area contributed by atoms with Gasteiger partial charge in [0.2, 0.25) is 0 Å². The second-order valence-corrected chi connectivity index (χ2v) is 6.91. The SMILES string of the molecule is CCC(C)(C)c1ccc(OCCNc2cccc(OCCOC)c2)cc1. The van der Waals surface area contributed by atoms with E-state index in [-0.39, 0.29) is 5.41 Å². The molecular weight excluding hydrogens is 326 g/mol. The molecule has 2 rings (SSSR count). The van der Waals surface area contributed by atoms with E-state index in [1.165, 1.54) is 5.56 Å². The molecule has 1 N–H and O–H groups in total. The van der Waals surface area contributed by atoms with Gasteiger partial charge in [0.15, 0.2) is 0 Å². The van der Waals surface area contributed by atoms with Crippen LogP contribution in [0.5, 0.6) is 11.5 Å². The number of nitrogens with one attached hydrogen (secondary N) is 1. The van der Waals surface area contributed by atoms with Gasteiger partial charge in [0.05, 0.1) is 6.61 Å². The van der Waals surface area contributed by atoms with Crippen LogP contribution in [0.15, 0.2) is 48.5 Å². The summed E-state index contributed by atoms with van der Waals surface area (Å²) >= 11 is 0. The summed E-state index contributed by atoms with van der Waals surface area (Å²) in [6, 6.07) is 16.3. The van der Waals surface area contributed by atoms with Crippen molar-refractivity contribution >= 4 is 5.69 Å². The van der Waals surface area contributed by atoms with Crippen molar-refractivity contribution in [3.63, 3.8) is 0 Å². The van der Waals surface area contributed by atoms with E-state index in [4.69, 9.17) is 14.2 Å². The van der Waals surface area contributed by atoms with E-state index in [9.17, 15) is 0 Å². The van der Waals surface area contributed by atoms with Crippen LogP contribution in [0, 0.1) is 0 Å². The zero-order chi connectivity index (χ0) is 18.8. The van der Waals surface area contributed by atoms with E-state index in [0.717, 1.165) is 30.2 Å². The summed E-state index contributed by atoms with van der Waals surface area (Å²) in [5.74, 6) is 1.74. The fourth-order valence-corrected chi connectivity index (χ4v) is 2.51. The van der Waals surface area contributed by atoms with Gasteiger partial charge in [0.25, 0.3) is 0 Å². The van der Waals surface area contributed by atoms with Crippen LogP contribution < -0.4 is 14.8 Å². The van der Waals surface area contributed by atoms with Crippen LogP contribution in [0.25, 0.3) is 0 Å². The molecule has 26 heavy (non-hydrogen) atoms. The standard InChI is InChI=1S/C22H31NO3/c1-5-22(2,3)18-9-11-20(12-10-18)25-14-13-23-19-7-6-8-21(17-19)26-16-15-24-4/h6-12,17,23H,5,13-16H2,1-4H3. The summed E-state index contributed by atoms with van der Waals surface area (Å²) in [7, 11) is 1.67. The van der Waals surface area contributed by atoms with Crippen molar-refractivity contribution in [3.05, 3.63) is 54.1 Å². The van der Waals surface area contributed by atoms with Crippen molar-refractivity contribution in [2.24, 2.45) is 0 Å². The van der Waals surface area contributed by atoms with Crippen molar-refractivity contribution in [2.75, 3.05) is 38.8 Å². The van der Waals surface area contributed by atoms with Crippen molar-refractivity contribution in [3.8, 4) is 11.5 Å². The minimum absolute atomic E-state index is 0.205. The van der Waals surface area contributed by atoms with Crippen LogP contribution in [0.1, 0.15) is 32.8 Å². The summed E-state index contributed by atoms with van der Waals surface area (Å²) in [5, 5.41) is 3.35. The molecule has 0 saturated carbocycles. The minimum Gasteiger partial charge on any atom is -0.492 e. The van der Waals surface area contributed by atoms with E-state index < -0.39 is 0 Å². The zero-order valence-corrected chi connectivity index (χ0v) is 16.4. The minimum atomic E-state index is 0.205. The van der Waals surface area contributed by atoms with Gasteiger partial charge in [-0.1, -0.05) is 39.0 Å². The summed E-state index contributed by atoms with van der Waals surface area (Å²) in [4.78, 5) is 0. The van der Waals surface area contributed by atoms with Crippen LogP contribution in [0.3, 0.4) is 0 Å². The van der Waals surface area contributed by atoms with Gasteiger partial charge in [-0.25, -0.2) is 0 Å². The Bertz CT molecular complexity index is 653. The highest BCUT2D eigenvalue weighted by Gasteiger charge is 2.17. The molecule has 2 aromatic rings. The first-order valence-electron chi connectivity index (χ1n) is 9.24. The topological polar surface area (TPSA) is 39.7 Å². The van der Waals surface area contributed by atoms with Crippen LogP contribution in [0.4, 0.5) is 5.69 Å². The number of benzene rings is 2. The van der Waals surface area contributed by atoms with Gasteiger partial charge < -0.3 is 19.5 Å². The Morgan fingerprint density at radius 1 is 0.885 bits per heavy atom. The molecule has 0 atom stereocenters. The molecule has 2 aromatic carbocycles. The molecule has 142 valence electrons. The Morgan fingerprint density at radius 3 is 2.31 bits per heavy atom. The molecule has 0 aliphatic rings. The van der Waals surface area contributed by atoms with Crippen LogP contribution in [0.2, 0.25) is 0 Å². The molecule has 0 aliphatic carbocycles. The second kappa shape index (κ2) is 10.1.